The lowest BCUT2D eigenvalue weighted by atomic mass is 9.92. The number of nitro benzene ring substituents is 1. The minimum absolute atomic E-state index is 0.0828. The fourth-order valence-corrected chi connectivity index (χ4v) is 5.45. The molecular weight excluding hydrogens is 580 g/mol. The van der Waals surface area contributed by atoms with E-state index in [1.165, 1.54) is 18.2 Å². The predicted octanol–water partition coefficient (Wildman–Crippen LogP) is 7.16. The van der Waals surface area contributed by atoms with Crippen molar-refractivity contribution in [1.82, 2.24) is 4.98 Å². The number of hydrogen-bond donors (Lipinski definition) is 1. The van der Waals surface area contributed by atoms with Gasteiger partial charge < -0.3 is 19.9 Å². The third-order valence-corrected chi connectivity index (χ3v) is 7.73. The quantitative estimate of drug-likeness (QED) is 0.173. The maximum atomic E-state index is 13.3. The highest BCUT2D eigenvalue weighted by molar-refractivity contribution is 5.56. The summed E-state index contributed by atoms with van der Waals surface area (Å²) in [6, 6.07) is 11.7. The highest BCUT2D eigenvalue weighted by Gasteiger charge is 2.38. The molecule has 230 valence electrons. The zero-order chi connectivity index (χ0) is 30.8. The molecule has 2 aliphatic rings. The number of anilines is 3. The van der Waals surface area contributed by atoms with Crippen LogP contribution in [0.1, 0.15) is 36.8 Å². The van der Waals surface area contributed by atoms with Gasteiger partial charge in [0.2, 0.25) is 0 Å². The van der Waals surface area contributed by atoms with E-state index < -0.39 is 34.1 Å². The first kappa shape index (κ1) is 30.2. The average molecular weight is 610 g/mol. The molecule has 0 amide bonds. The Balaban J connectivity index is 1.08. The van der Waals surface area contributed by atoms with Gasteiger partial charge in [0.05, 0.1) is 22.8 Å². The molecule has 14 heteroatoms. The van der Waals surface area contributed by atoms with E-state index in [0.717, 1.165) is 35.8 Å². The van der Waals surface area contributed by atoms with Gasteiger partial charge in [0.25, 0.3) is 5.69 Å². The Morgan fingerprint density at radius 3 is 2.05 bits per heavy atom. The van der Waals surface area contributed by atoms with Gasteiger partial charge in [0, 0.05) is 49.7 Å². The van der Waals surface area contributed by atoms with Crippen molar-refractivity contribution < 1.29 is 36.0 Å². The molecule has 43 heavy (non-hydrogen) atoms. The number of aromatic nitrogens is 1. The number of hydrogen-bond acceptors (Lipinski definition) is 7. The first-order valence-corrected chi connectivity index (χ1v) is 13.8. The van der Waals surface area contributed by atoms with Crippen LogP contribution in [-0.2, 0) is 12.4 Å². The minimum Gasteiger partial charge on any atom is -0.489 e. The lowest BCUT2D eigenvalue weighted by Crippen LogP contribution is -2.46. The molecule has 1 aliphatic heterocycles. The van der Waals surface area contributed by atoms with Crippen LogP contribution < -0.4 is 19.9 Å². The number of benzene rings is 2. The Kier molecular flexibility index (Phi) is 8.56. The number of nitro groups is 1. The molecule has 2 fully saturated rings. The molecule has 5 rings (SSSR count). The van der Waals surface area contributed by atoms with Crippen molar-refractivity contribution in [2.45, 2.75) is 50.2 Å². The van der Waals surface area contributed by atoms with Crippen LogP contribution in [0, 0.1) is 10.1 Å². The number of ether oxygens (including phenoxy) is 1. The Morgan fingerprint density at radius 2 is 1.49 bits per heavy atom. The lowest BCUT2D eigenvalue weighted by molar-refractivity contribution is -0.388. The fourth-order valence-electron chi connectivity index (χ4n) is 5.45. The van der Waals surface area contributed by atoms with Crippen molar-refractivity contribution in [3.05, 3.63) is 82.0 Å². The van der Waals surface area contributed by atoms with Crippen molar-refractivity contribution in [3.8, 4) is 5.75 Å². The summed E-state index contributed by atoms with van der Waals surface area (Å²) in [5.41, 5.74) is -2.00. The Hall–Kier alpha value is -4.23. The maximum absolute atomic E-state index is 13.3. The number of piperazine rings is 1. The molecule has 1 N–H and O–H groups in total. The van der Waals surface area contributed by atoms with Crippen molar-refractivity contribution >= 4 is 22.9 Å². The standard InChI is InChI=1S/C29H29F6N5O3/c30-28(31,32)19-1-6-22(7-2-19)38-13-15-39(16-14-38)27-12-10-24(18-36-27)43-23-8-3-20(4-9-23)37-21-5-11-26(40(41)42)25(17-21)29(33,34)35/h1-2,5-7,10-12,17-18,20,23,37H,3-4,8-9,13-16H2. The summed E-state index contributed by atoms with van der Waals surface area (Å²) in [6.07, 6.45) is -4.99. The normalized spacial score (nSPS) is 19.7. The molecule has 3 aromatic rings. The smallest absolute Gasteiger partial charge is 0.423 e. The molecule has 1 aromatic heterocycles. The van der Waals surface area contributed by atoms with Crippen LogP contribution in [0.15, 0.2) is 60.8 Å². The van der Waals surface area contributed by atoms with Crippen LogP contribution in [-0.4, -0.2) is 48.2 Å². The summed E-state index contributed by atoms with van der Waals surface area (Å²) in [4.78, 5) is 18.6. The Labute approximate surface area is 243 Å². The molecule has 1 saturated heterocycles. The van der Waals surface area contributed by atoms with E-state index in [1.807, 2.05) is 17.0 Å². The van der Waals surface area contributed by atoms with Crippen molar-refractivity contribution in [2.75, 3.05) is 41.3 Å². The van der Waals surface area contributed by atoms with Crippen molar-refractivity contribution in [1.29, 1.82) is 0 Å². The molecular formula is C29H29F6N5O3. The average Bonchev–Trinajstić information content (AvgIpc) is 2.98. The van der Waals surface area contributed by atoms with Gasteiger partial charge in [-0.2, -0.15) is 26.3 Å². The van der Waals surface area contributed by atoms with Crippen LogP contribution >= 0.6 is 0 Å². The summed E-state index contributed by atoms with van der Waals surface area (Å²) in [7, 11) is 0. The zero-order valence-electron chi connectivity index (χ0n) is 22.9. The molecule has 1 aliphatic carbocycles. The molecule has 0 radical (unpaired) electrons. The molecule has 8 nitrogen and oxygen atoms in total. The van der Waals surface area contributed by atoms with Gasteiger partial charge in [-0.3, -0.25) is 10.1 Å². The number of rotatable bonds is 7. The van der Waals surface area contributed by atoms with Crippen LogP contribution in [0.4, 0.5) is 49.2 Å². The van der Waals surface area contributed by atoms with E-state index in [4.69, 9.17) is 4.74 Å². The second-order valence-corrected chi connectivity index (χ2v) is 10.6. The molecule has 2 aromatic carbocycles. The van der Waals surface area contributed by atoms with Gasteiger partial charge in [-0.05, 0) is 74.2 Å². The van der Waals surface area contributed by atoms with Gasteiger partial charge in [-0.1, -0.05) is 0 Å². The first-order chi connectivity index (χ1) is 20.4. The summed E-state index contributed by atoms with van der Waals surface area (Å²) in [6.45, 7) is 2.59. The molecule has 2 heterocycles. The summed E-state index contributed by atoms with van der Waals surface area (Å²) in [5.74, 6) is 1.38. The minimum atomic E-state index is -4.83. The van der Waals surface area contributed by atoms with E-state index in [1.54, 1.807) is 6.20 Å². The van der Waals surface area contributed by atoms with Crippen LogP contribution in [0.2, 0.25) is 0 Å². The largest absolute Gasteiger partial charge is 0.489 e. The second kappa shape index (κ2) is 12.2. The predicted molar refractivity (Wildman–Crippen MR) is 149 cm³/mol. The third-order valence-electron chi connectivity index (χ3n) is 7.73. The topological polar surface area (TPSA) is 83.8 Å². The van der Waals surface area contributed by atoms with Gasteiger partial charge in [0.1, 0.15) is 17.1 Å². The van der Waals surface area contributed by atoms with E-state index in [9.17, 15) is 36.5 Å². The first-order valence-electron chi connectivity index (χ1n) is 13.8. The number of nitrogens with one attached hydrogen (secondary N) is 1. The van der Waals surface area contributed by atoms with E-state index in [0.29, 0.717) is 57.6 Å². The van der Waals surface area contributed by atoms with Gasteiger partial charge in [0.15, 0.2) is 0 Å². The lowest BCUT2D eigenvalue weighted by Gasteiger charge is -2.37. The summed E-state index contributed by atoms with van der Waals surface area (Å²) < 4.78 is 84.5. The van der Waals surface area contributed by atoms with Gasteiger partial charge >= 0.3 is 12.4 Å². The van der Waals surface area contributed by atoms with Crippen LogP contribution in [0.3, 0.4) is 0 Å². The number of halogens is 6. The van der Waals surface area contributed by atoms with E-state index in [-0.39, 0.29) is 17.8 Å². The van der Waals surface area contributed by atoms with Crippen molar-refractivity contribution in [3.63, 3.8) is 0 Å². The number of nitrogens with zero attached hydrogens (tertiary/aromatic N) is 4. The third kappa shape index (κ3) is 7.41. The molecule has 1 saturated carbocycles. The molecule has 0 atom stereocenters. The van der Waals surface area contributed by atoms with E-state index in [2.05, 4.69) is 15.2 Å². The Bertz CT molecular complexity index is 1400. The van der Waals surface area contributed by atoms with Crippen molar-refractivity contribution in [2.24, 2.45) is 0 Å². The SMILES string of the molecule is O=[N+]([O-])c1ccc(NC2CCC(Oc3ccc(N4CCN(c5ccc(C(F)(F)F)cc5)CC4)nc3)CC2)cc1C(F)(F)F. The zero-order valence-corrected chi connectivity index (χ0v) is 22.9. The van der Waals surface area contributed by atoms with E-state index >= 15 is 0 Å². The monoisotopic (exact) mass is 609 g/mol. The molecule has 0 unspecified atom stereocenters. The summed E-state index contributed by atoms with van der Waals surface area (Å²) >= 11 is 0. The molecule has 0 bridgehead atoms. The highest BCUT2D eigenvalue weighted by atomic mass is 19.4. The number of alkyl halides is 6. The van der Waals surface area contributed by atoms with Crippen LogP contribution in [0.25, 0.3) is 0 Å². The molecule has 0 spiro atoms. The van der Waals surface area contributed by atoms with Crippen LogP contribution in [0.5, 0.6) is 5.75 Å². The summed E-state index contributed by atoms with van der Waals surface area (Å²) in [5, 5.41) is 14.0. The fraction of sp³-hybridized carbons (Fsp3) is 0.414. The van der Waals surface area contributed by atoms with Gasteiger partial charge in [-0.25, -0.2) is 4.98 Å². The Morgan fingerprint density at radius 1 is 0.837 bits per heavy atom. The highest BCUT2D eigenvalue weighted by Crippen LogP contribution is 2.38. The maximum Gasteiger partial charge on any atom is 0.423 e. The second-order valence-electron chi connectivity index (χ2n) is 10.6. The van der Waals surface area contributed by atoms with Gasteiger partial charge in [-0.15, -0.1) is 0 Å². The number of pyridine rings is 1.